The van der Waals surface area contributed by atoms with Crippen molar-refractivity contribution in [2.75, 3.05) is 13.1 Å². The van der Waals surface area contributed by atoms with E-state index in [0.29, 0.717) is 24.8 Å². The van der Waals surface area contributed by atoms with Gasteiger partial charge in [0.1, 0.15) is 18.1 Å². The summed E-state index contributed by atoms with van der Waals surface area (Å²) in [6.07, 6.45) is 3.34. The number of nitrogens with two attached hydrogens (primary N) is 1. The summed E-state index contributed by atoms with van der Waals surface area (Å²) in [7, 11) is 0. The van der Waals surface area contributed by atoms with Crippen LogP contribution in [0.5, 0.6) is 0 Å². The summed E-state index contributed by atoms with van der Waals surface area (Å²) in [5, 5.41) is 19.8. The van der Waals surface area contributed by atoms with Crippen LogP contribution in [-0.4, -0.2) is 94.5 Å². The predicted molar refractivity (Wildman–Crippen MR) is 228 cm³/mol. The highest BCUT2D eigenvalue weighted by Crippen LogP contribution is 2.32. The van der Waals surface area contributed by atoms with E-state index in [2.05, 4.69) is 21.3 Å². The van der Waals surface area contributed by atoms with E-state index in [1.807, 2.05) is 30.3 Å². The molecule has 16 nitrogen and oxygen atoms in total. The first-order valence-electron chi connectivity index (χ1n) is 20.4. The highest BCUT2D eigenvalue weighted by atomic mass is 35.5. The zero-order valence-corrected chi connectivity index (χ0v) is 35.6. The Morgan fingerprint density at radius 3 is 2.10 bits per heavy atom. The first-order chi connectivity index (χ1) is 29.7. The fourth-order valence-electron chi connectivity index (χ4n) is 7.76. The Morgan fingerprint density at radius 1 is 0.855 bits per heavy atom. The van der Waals surface area contributed by atoms with Crippen molar-refractivity contribution >= 4 is 70.4 Å². The largest absolute Gasteiger partial charge is 0.478 e. The number of aromatic carboxylic acids is 1. The highest BCUT2D eigenvalue weighted by Gasteiger charge is 2.45. The number of rotatable bonds is 19. The number of carbonyl (C=O) groups is 8. The number of carboxylic acids is 1. The second kappa shape index (κ2) is 22.3. The van der Waals surface area contributed by atoms with Crippen LogP contribution in [0.4, 0.5) is 0 Å². The van der Waals surface area contributed by atoms with Crippen LogP contribution < -0.4 is 27.0 Å². The maximum Gasteiger partial charge on any atom is 0.336 e. The molecule has 2 aliphatic rings. The number of carbonyl (C=O) groups excluding carboxylic acids is 7. The highest BCUT2D eigenvalue weighted by molar-refractivity contribution is 6.42. The molecule has 1 heterocycles. The molecule has 330 valence electrons. The topological polar surface area (TPSA) is 243 Å². The van der Waals surface area contributed by atoms with Crippen molar-refractivity contribution in [2.45, 2.75) is 95.2 Å². The lowest BCUT2D eigenvalue weighted by molar-refractivity contribution is -0.143. The number of likely N-dealkylation sites (tertiary alicyclic amines) is 1. The van der Waals surface area contributed by atoms with E-state index in [-0.39, 0.29) is 47.5 Å². The number of ketones is 1. The lowest BCUT2D eigenvalue weighted by atomic mass is 9.83. The summed E-state index contributed by atoms with van der Waals surface area (Å²) in [5.41, 5.74) is 6.02. The van der Waals surface area contributed by atoms with Gasteiger partial charge in [-0.2, -0.15) is 0 Å². The van der Waals surface area contributed by atoms with Crippen molar-refractivity contribution in [1.29, 1.82) is 0 Å². The number of nitrogens with zero attached hydrogens (tertiary/aromatic N) is 1. The summed E-state index contributed by atoms with van der Waals surface area (Å²) in [6, 6.07) is 14.7. The molecule has 5 unspecified atom stereocenters. The molecule has 0 aromatic heterocycles. The van der Waals surface area contributed by atoms with Gasteiger partial charge >= 0.3 is 5.97 Å². The van der Waals surface area contributed by atoms with Crippen molar-refractivity contribution < 1.29 is 48.2 Å². The summed E-state index contributed by atoms with van der Waals surface area (Å²) >= 11 is 12.3. The standard InChI is InChI=1S/C44H50Cl2N6O10/c1-2-12-33(38(54)42(58)48-22-35(53)50-36(39(47)55)26-15-8-4-9-16-26)49-41(57)34-19-28(62-24-25-13-6-3-7-14-25)23-52(34)43(59)37(27-17-10-5-11-18-27)51-40(56)29-20-31(45)32(46)21-30(29)44(60)61/h3-4,6-9,13-16,20-21,27-28,33-34,36-37H,2,5,10-12,17-19,22-24H2,1H3,(H2,47,55)(H,48,58)(H,49,57)(H,50,53)(H,51,56)(H,60,61). The Balaban J connectivity index is 1.35. The normalized spacial score (nSPS) is 17.8. The van der Waals surface area contributed by atoms with Gasteiger partial charge in [0.2, 0.25) is 29.4 Å². The number of halogens is 2. The van der Waals surface area contributed by atoms with Crippen LogP contribution in [0.2, 0.25) is 10.0 Å². The van der Waals surface area contributed by atoms with Gasteiger partial charge in [-0.25, -0.2) is 4.79 Å². The van der Waals surface area contributed by atoms with Crippen LogP contribution in [0.1, 0.15) is 96.2 Å². The molecular weight excluding hydrogens is 843 g/mol. The predicted octanol–water partition coefficient (Wildman–Crippen LogP) is 3.87. The Bertz CT molecular complexity index is 2140. The first-order valence-corrected chi connectivity index (χ1v) is 21.2. The third-order valence-electron chi connectivity index (χ3n) is 11.0. The van der Waals surface area contributed by atoms with Crippen LogP contribution in [0.3, 0.4) is 0 Å². The average molecular weight is 894 g/mol. The maximum absolute atomic E-state index is 14.8. The third kappa shape index (κ3) is 12.4. The first kappa shape index (κ1) is 47.2. The summed E-state index contributed by atoms with van der Waals surface area (Å²) < 4.78 is 6.20. The molecule has 0 radical (unpaired) electrons. The van der Waals surface area contributed by atoms with Crippen LogP contribution >= 0.6 is 23.2 Å². The van der Waals surface area contributed by atoms with Gasteiger partial charge in [0, 0.05) is 13.0 Å². The Labute approximate surface area is 368 Å². The van der Waals surface area contributed by atoms with Gasteiger partial charge in [0.25, 0.3) is 11.8 Å². The van der Waals surface area contributed by atoms with Gasteiger partial charge in [0.05, 0.1) is 46.5 Å². The SMILES string of the molecule is CCCC(NC(=O)C1CC(OCc2ccccc2)CN1C(=O)C(NC(=O)c1cc(Cl)c(Cl)cc1C(=O)O)C1CCCCC1)C(=O)C(=O)NCC(=O)NC(C(N)=O)c1ccccc1. The van der Waals surface area contributed by atoms with E-state index in [1.165, 1.54) is 4.90 Å². The minimum atomic E-state index is -1.43. The molecule has 3 aromatic carbocycles. The van der Waals surface area contributed by atoms with E-state index in [1.54, 1.807) is 37.3 Å². The molecule has 1 aliphatic heterocycles. The minimum absolute atomic E-state index is 0.00748. The second-order valence-corrected chi connectivity index (χ2v) is 16.2. The van der Waals surface area contributed by atoms with Gasteiger partial charge in [-0.15, -0.1) is 0 Å². The quantitative estimate of drug-likeness (QED) is 0.0950. The number of benzene rings is 3. The van der Waals surface area contributed by atoms with E-state index in [9.17, 15) is 43.5 Å². The fourth-order valence-corrected chi connectivity index (χ4v) is 8.09. The van der Waals surface area contributed by atoms with Crippen molar-refractivity contribution in [2.24, 2.45) is 11.7 Å². The lowest BCUT2D eigenvalue weighted by Crippen LogP contribution is -2.58. The molecule has 18 heteroatoms. The lowest BCUT2D eigenvalue weighted by Gasteiger charge is -2.35. The van der Waals surface area contributed by atoms with Gasteiger partial charge < -0.3 is 41.7 Å². The van der Waals surface area contributed by atoms with Crippen LogP contribution in [-0.2, 0) is 40.1 Å². The molecule has 1 saturated carbocycles. The monoisotopic (exact) mass is 892 g/mol. The number of primary amides is 1. The zero-order valence-electron chi connectivity index (χ0n) is 34.1. The molecule has 0 bridgehead atoms. The molecule has 5 rings (SSSR count). The van der Waals surface area contributed by atoms with E-state index in [0.717, 1.165) is 37.0 Å². The molecule has 3 aromatic rings. The van der Waals surface area contributed by atoms with Gasteiger partial charge in [-0.1, -0.05) is 116 Å². The second-order valence-electron chi connectivity index (χ2n) is 15.3. The number of carboxylic acid groups (broad SMARTS) is 1. The number of hydrogen-bond donors (Lipinski definition) is 6. The fraction of sp³-hybridized carbons (Fsp3) is 0.409. The third-order valence-corrected chi connectivity index (χ3v) is 11.7. The molecule has 1 saturated heterocycles. The molecule has 0 spiro atoms. The average Bonchev–Trinajstić information content (AvgIpc) is 3.71. The smallest absolute Gasteiger partial charge is 0.336 e. The van der Waals surface area contributed by atoms with Crippen LogP contribution in [0.25, 0.3) is 0 Å². The Kier molecular flexibility index (Phi) is 17.0. The van der Waals surface area contributed by atoms with E-state index >= 15 is 0 Å². The Morgan fingerprint density at radius 2 is 1.48 bits per heavy atom. The van der Waals surface area contributed by atoms with Crippen molar-refractivity contribution in [3.05, 3.63) is 105 Å². The Hall–Kier alpha value is -5.84. The van der Waals surface area contributed by atoms with Crippen molar-refractivity contribution in [1.82, 2.24) is 26.2 Å². The number of Topliss-reactive ketones (excluding diaryl/α,β-unsaturated/α-hetero) is 1. The summed E-state index contributed by atoms with van der Waals surface area (Å²) in [6.45, 7) is 1.17. The van der Waals surface area contributed by atoms with Gasteiger partial charge in [-0.3, -0.25) is 33.6 Å². The van der Waals surface area contributed by atoms with Gasteiger partial charge in [-0.05, 0) is 48.4 Å². The number of amides is 6. The molecule has 7 N–H and O–H groups in total. The van der Waals surface area contributed by atoms with Crippen molar-refractivity contribution in [3.63, 3.8) is 0 Å². The molecular formula is C44H50Cl2N6O10. The van der Waals surface area contributed by atoms with Crippen molar-refractivity contribution in [3.8, 4) is 0 Å². The van der Waals surface area contributed by atoms with E-state index in [4.69, 9.17) is 33.7 Å². The number of ether oxygens (including phenoxy) is 1. The molecule has 62 heavy (non-hydrogen) atoms. The number of nitrogens with one attached hydrogen (secondary N) is 4. The summed E-state index contributed by atoms with van der Waals surface area (Å²) in [4.78, 5) is 108. The molecule has 1 aliphatic carbocycles. The van der Waals surface area contributed by atoms with Crippen LogP contribution in [0, 0.1) is 5.92 Å². The summed E-state index contributed by atoms with van der Waals surface area (Å²) in [5.74, 6) is -7.88. The molecule has 2 fully saturated rings. The molecule has 6 amide bonds. The maximum atomic E-state index is 14.8. The van der Waals surface area contributed by atoms with E-state index < -0.39 is 89.6 Å². The van der Waals surface area contributed by atoms with Gasteiger partial charge in [0.15, 0.2) is 0 Å². The van der Waals surface area contributed by atoms with Crippen LogP contribution in [0.15, 0.2) is 72.8 Å². The minimum Gasteiger partial charge on any atom is -0.478 e. The number of hydrogen-bond acceptors (Lipinski definition) is 9. The molecule has 5 atom stereocenters. The zero-order chi connectivity index (χ0) is 44.9.